The molecule has 0 saturated carbocycles. The summed E-state index contributed by atoms with van der Waals surface area (Å²) in [5, 5.41) is 26.4. The Morgan fingerprint density at radius 1 is 1.21 bits per heavy atom. The van der Waals surface area contributed by atoms with Gasteiger partial charge in [-0.05, 0) is 19.2 Å². The number of unbranched alkanes of at least 4 members (excludes halogenated alkanes) is 1. The second-order valence-corrected chi connectivity index (χ2v) is 4.34. The quantitative estimate of drug-likeness (QED) is 0.251. The van der Waals surface area contributed by atoms with Crippen LogP contribution in [0, 0.1) is 0 Å². The maximum absolute atomic E-state index is 11.1. The molecule has 0 aliphatic rings. The number of hydrogen-bond acceptors (Lipinski definition) is 6. The van der Waals surface area contributed by atoms with Crippen LogP contribution in [0.4, 0.5) is 0 Å². The highest BCUT2D eigenvalue weighted by molar-refractivity contribution is 6.40. The fourth-order valence-electron chi connectivity index (χ4n) is 1.55. The van der Waals surface area contributed by atoms with Crippen molar-refractivity contribution in [3.8, 4) is 0 Å². The third kappa shape index (κ3) is 9.86. The molecule has 1 atom stereocenters. The van der Waals surface area contributed by atoms with Crippen LogP contribution in [0.5, 0.6) is 0 Å². The van der Waals surface area contributed by atoms with E-state index in [1.165, 1.54) is 0 Å². The normalized spacial score (nSPS) is 13.5. The summed E-state index contributed by atoms with van der Waals surface area (Å²) in [6.45, 7) is 1.02. The molecular weight excluding hydrogens is 251 g/mol. The van der Waals surface area contributed by atoms with Gasteiger partial charge in [0.25, 0.3) is 0 Å². The van der Waals surface area contributed by atoms with E-state index in [0.29, 0.717) is 26.0 Å². The summed E-state index contributed by atoms with van der Waals surface area (Å²) >= 11 is 0. The summed E-state index contributed by atoms with van der Waals surface area (Å²) in [5.41, 5.74) is 9.72. The van der Waals surface area contributed by atoms with Crippen molar-refractivity contribution in [2.75, 3.05) is 19.8 Å². The molecule has 0 aromatic heterocycles. The molecule has 0 heterocycles. The van der Waals surface area contributed by atoms with E-state index in [9.17, 15) is 4.79 Å². The van der Waals surface area contributed by atoms with Gasteiger partial charge in [-0.25, -0.2) is 0 Å². The van der Waals surface area contributed by atoms with Crippen LogP contribution < -0.4 is 11.5 Å². The summed E-state index contributed by atoms with van der Waals surface area (Å²) in [6, 6.07) is 0. The molecule has 0 spiro atoms. The topological polar surface area (TPSA) is 139 Å². The van der Waals surface area contributed by atoms with E-state index in [1.54, 1.807) is 0 Å². The average Bonchev–Trinajstić information content (AvgIpc) is 2.30. The molecule has 0 bridgehead atoms. The molecule has 114 valence electrons. The molecule has 0 aromatic rings. The lowest BCUT2D eigenvalue weighted by Gasteiger charge is -2.24. The van der Waals surface area contributed by atoms with Crippen LogP contribution in [0.15, 0.2) is 0 Å². The highest BCUT2D eigenvalue weighted by Gasteiger charge is 2.32. The molecule has 0 amide bonds. The van der Waals surface area contributed by atoms with Gasteiger partial charge in [0.15, 0.2) is 0 Å². The molecule has 0 aliphatic heterocycles. The standard InChI is InChI=1S/C10H23BN2O5.CH4/c12-6-8-18-7-4-10(13,9(14)15)3-1-2-5-11(16)17;/h16-17H,1-8,12-13H2,(H,14,15);1H4. The maximum atomic E-state index is 11.1. The van der Waals surface area contributed by atoms with Gasteiger partial charge in [-0.3, -0.25) is 4.79 Å². The highest BCUT2D eigenvalue weighted by atomic mass is 16.5. The van der Waals surface area contributed by atoms with Gasteiger partial charge in [-0.15, -0.1) is 0 Å². The molecule has 19 heavy (non-hydrogen) atoms. The van der Waals surface area contributed by atoms with Crippen LogP contribution in [0.25, 0.3) is 0 Å². The van der Waals surface area contributed by atoms with Crippen LogP contribution in [0.3, 0.4) is 0 Å². The van der Waals surface area contributed by atoms with Crippen molar-refractivity contribution < 1.29 is 24.7 Å². The number of carboxylic acids is 1. The SMILES string of the molecule is C.NCCOCCC(N)(CCCCB(O)O)C(=O)O. The van der Waals surface area contributed by atoms with Crippen molar-refractivity contribution >= 4 is 13.1 Å². The van der Waals surface area contributed by atoms with Gasteiger partial charge >= 0.3 is 13.1 Å². The zero-order chi connectivity index (χ0) is 14.0. The van der Waals surface area contributed by atoms with Crippen LogP contribution in [0.1, 0.15) is 33.1 Å². The Morgan fingerprint density at radius 2 is 1.84 bits per heavy atom. The Bertz CT molecular complexity index is 243. The molecule has 0 fully saturated rings. The molecule has 0 radical (unpaired) electrons. The largest absolute Gasteiger partial charge is 0.480 e. The van der Waals surface area contributed by atoms with Crippen LogP contribution in [0.2, 0.25) is 6.32 Å². The molecule has 0 saturated heterocycles. The number of carboxylic acid groups (broad SMARTS) is 1. The summed E-state index contributed by atoms with van der Waals surface area (Å²) in [5.74, 6) is -1.07. The minimum Gasteiger partial charge on any atom is -0.480 e. The van der Waals surface area contributed by atoms with E-state index < -0.39 is 18.6 Å². The first-order valence-corrected chi connectivity index (χ1v) is 6.08. The third-order valence-corrected chi connectivity index (χ3v) is 2.72. The average molecular weight is 278 g/mol. The number of hydrogen-bond donors (Lipinski definition) is 5. The van der Waals surface area contributed by atoms with Crippen molar-refractivity contribution in [2.24, 2.45) is 11.5 Å². The second-order valence-electron chi connectivity index (χ2n) is 4.34. The Hall–Kier alpha value is -0.665. The van der Waals surface area contributed by atoms with E-state index in [2.05, 4.69) is 0 Å². The van der Waals surface area contributed by atoms with Gasteiger partial charge in [-0.2, -0.15) is 0 Å². The van der Waals surface area contributed by atoms with Crippen LogP contribution in [-0.2, 0) is 9.53 Å². The predicted molar refractivity (Wildman–Crippen MR) is 74.6 cm³/mol. The Morgan fingerprint density at radius 3 is 2.32 bits per heavy atom. The summed E-state index contributed by atoms with van der Waals surface area (Å²) in [7, 11) is -1.35. The first-order chi connectivity index (χ1) is 8.42. The molecule has 7 nitrogen and oxygen atoms in total. The van der Waals surface area contributed by atoms with Gasteiger partial charge in [-0.1, -0.05) is 20.3 Å². The molecule has 0 rings (SSSR count). The minimum atomic E-state index is -1.35. The van der Waals surface area contributed by atoms with Crippen molar-refractivity contribution in [2.45, 2.75) is 45.0 Å². The van der Waals surface area contributed by atoms with E-state index >= 15 is 0 Å². The monoisotopic (exact) mass is 278 g/mol. The Labute approximate surface area is 115 Å². The Balaban J connectivity index is 0. The molecule has 7 N–H and O–H groups in total. The number of aliphatic carboxylic acids is 1. The summed E-state index contributed by atoms with van der Waals surface area (Å²) in [4.78, 5) is 11.1. The lowest BCUT2D eigenvalue weighted by atomic mass is 9.81. The molecule has 0 aliphatic carbocycles. The number of carbonyl (C=O) groups is 1. The highest BCUT2D eigenvalue weighted by Crippen LogP contribution is 2.17. The zero-order valence-corrected chi connectivity index (χ0v) is 10.5. The zero-order valence-electron chi connectivity index (χ0n) is 10.5. The number of nitrogens with two attached hydrogens (primary N) is 2. The molecule has 1 unspecified atom stereocenters. The molecule has 0 aromatic carbocycles. The van der Waals surface area contributed by atoms with Gasteiger partial charge in [0.05, 0.1) is 6.61 Å². The lowest BCUT2D eigenvalue weighted by molar-refractivity contribution is -0.144. The van der Waals surface area contributed by atoms with Crippen molar-refractivity contribution in [1.29, 1.82) is 0 Å². The third-order valence-electron chi connectivity index (χ3n) is 2.72. The smallest absolute Gasteiger partial charge is 0.451 e. The molecule has 8 heteroatoms. The van der Waals surface area contributed by atoms with Crippen molar-refractivity contribution in [1.82, 2.24) is 0 Å². The van der Waals surface area contributed by atoms with E-state index in [0.717, 1.165) is 0 Å². The van der Waals surface area contributed by atoms with E-state index in [1.807, 2.05) is 0 Å². The van der Waals surface area contributed by atoms with E-state index in [4.69, 9.17) is 31.4 Å². The fraction of sp³-hybridized carbons (Fsp3) is 0.909. The first kappa shape index (κ1) is 20.6. The molecular formula is C11H27BN2O5. The predicted octanol–water partition coefficient (Wildman–Crippen LogP) is -0.587. The first-order valence-electron chi connectivity index (χ1n) is 6.08. The van der Waals surface area contributed by atoms with Gasteiger partial charge in [0, 0.05) is 13.2 Å². The van der Waals surface area contributed by atoms with Gasteiger partial charge in [0.2, 0.25) is 0 Å². The minimum absolute atomic E-state index is 0. The maximum Gasteiger partial charge on any atom is 0.451 e. The fourth-order valence-corrected chi connectivity index (χ4v) is 1.55. The van der Waals surface area contributed by atoms with Gasteiger partial charge < -0.3 is 31.4 Å². The lowest BCUT2D eigenvalue weighted by Crippen LogP contribution is -2.48. The van der Waals surface area contributed by atoms with Crippen LogP contribution in [-0.4, -0.2) is 53.5 Å². The summed E-state index contributed by atoms with van der Waals surface area (Å²) in [6.07, 6.45) is 1.76. The number of ether oxygens (including phenoxy) is 1. The van der Waals surface area contributed by atoms with Crippen molar-refractivity contribution in [3.05, 3.63) is 0 Å². The Kier molecular flexibility index (Phi) is 12.2. The van der Waals surface area contributed by atoms with E-state index in [-0.39, 0.29) is 33.2 Å². The van der Waals surface area contributed by atoms with Crippen LogP contribution >= 0.6 is 0 Å². The number of rotatable bonds is 11. The summed E-state index contributed by atoms with van der Waals surface area (Å²) < 4.78 is 5.12. The second kappa shape index (κ2) is 11.2. The van der Waals surface area contributed by atoms with Crippen molar-refractivity contribution in [3.63, 3.8) is 0 Å². The van der Waals surface area contributed by atoms with Gasteiger partial charge in [0.1, 0.15) is 5.54 Å².